The third-order valence-corrected chi connectivity index (χ3v) is 5.56. The first-order chi connectivity index (χ1) is 8.41. The summed E-state index contributed by atoms with van der Waals surface area (Å²) < 4.78 is 28.4. The largest absolute Gasteiger partial charge is 0.481 e. The Kier molecular flexibility index (Phi) is 3.93. The van der Waals surface area contributed by atoms with Crippen molar-refractivity contribution >= 4 is 15.8 Å². The lowest BCUT2D eigenvalue weighted by Crippen LogP contribution is -2.58. The molecule has 0 bridgehead atoms. The van der Waals surface area contributed by atoms with Gasteiger partial charge in [-0.25, -0.2) is 8.42 Å². The predicted octanol–water partition coefficient (Wildman–Crippen LogP) is -0.262. The molecule has 0 aromatic rings. The molecular formula is C11H19NO5S. The highest BCUT2D eigenvalue weighted by Gasteiger charge is 2.41. The van der Waals surface area contributed by atoms with Crippen molar-refractivity contribution in [3.8, 4) is 0 Å². The minimum Gasteiger partial charge on any atom is -0.481 e. The smallest absolute Gasteiger partial charge is 0.304 e. The van der Waals surface area contributed by atoms with E-state index in [0.717, 1.165) is 12.8 Å². The van der Waals surface area contributed by atoms with E-state index in [9.17, 15) is 13.2 Å². The summed E-state index contributed by atoms with van der Waals surface area (Å²) in [6, 6.07) is -0.112. The average Bonchev–Trinajstić information content (AvgIpc) is 2.17. The number of hydrogen-bond donors (Lipinski definition) is 1. The van der Waals surface area contributed by atoms with Gasteiger partial charge in [0.05, 0.1) is 24.0 Å². The summed E-state index contributed by atoms with van der Waals surface area (Å²) in [5.41, 5.74) is 0. The Labute approximate surface area is 107 Å². The Bertz CT molecular complexity index is 415. The normalized spacial score (nSPS) is 35.9. The number of hydrogen-bond acceptors (Lipinski definition) is 5. The lowest BCUT2D eigenvalue weighted by atomic mass is 9.86. The van der Waals surface area contributed by atoms with Crippen molar-refractivity contribution in [2.45, 2.75) is 37.5 Å². The van der Waals surface area contributed by atoms with E-state index in [-0.39, 0.29) is 36.1 Å². The number of carboxylic acid groups (broad SMARTS) is 1. The Morgan fingerprint density at radius 1 is 1.44 bits per heavy atom. The first-order valence-corrected chi connectivity index (χ1v) is 7.94. The molecule has 104 valence electrons. The van der Waals surface area contributed by atoms with Crippen LogP contribution in [-0.2, 0) is 19.4 Å². The number of carboxylic acids is 1. The highest BCUT2D eigenvalue weighted by Crippen LogP contribution is 2.31. The maximum Gasteiger partial charge on any atom is 0.304 e. The quantitative estimate of drug-likeness (QED) is 0.762. The van der Waals surface area contributed by atoms with Gasteiger partial charge >= 0.3 is 5.97 Å². The van der Waals surface area contributed by atoms with Gasteiger partial charge in [-0.2, -0.15) is 0 Å². The summed E-state index contributed by atoms with van der Waals surface area (Å²) in [4.78, 5) is 12.9. The fourth-order valence-electron chi connectivity index (χ4n) is 2.76. The molecule has 2 rings (SSSR count). The number of nitrogens with zero attached hydrogens (tertiary/aromatic N) is 1. The summed E-state index contributed by atoms with van der Waals surface area (Å²) >= 11 is 0. The van der Waals surface area contributed by atoms with Gasteiger partial charge in [-0.15, -0.1) is 0 Å². The first-order valence-electron chi connectivity index (χ1n) is 6.12. The molecule has 1 aliphatic carbocycles. The fourth-order valence-corrected chi connectivity index (χ4v) is 4.31. The van der Waals surface area contributed by atoms with Crippen LogP contribution in [0.25, 0.3) is 0 Å². The minimum atomic E-state index is -3.08. The van der Waals surface area contributed by atoms with Gasteiger partial charge < -0.3 is 9.84 Å². The lowest BCUT2D eigenvalue weighted by Gasteiger charge is -2.47. The van der Waals surface area contributed by atoms with Crippen molar-refractivity contribution < 1.29 is 23.1 Å². The SMILES string of the molecule is COC1CC(N2CCS(=O)(=O)CC2CC(=O)O)C1. The molecule has 1 unspecified atom stereocenters. The third kappa shape index (κ3) is 3.02. The second-order valence-corrected chi connectivity index (χ2v) is 7.32. The summed E-state index contributed by atoms with van der Waals surface area (Å²) in [6.45, 7) is 0.446. The number of rotatable bonds is 4. The highest BCUT2D eigenvalue weighted by molar-refractivity contribution is 7.91. The van der Waals surface area contributed by atoms with Gasteiger partial charge in [-0.1, -0.05) is 0 Å². The van der Waals surface area contributed by atoms with Crippen LogP contribution < -0.4 is 0 Å². The summed E-state index contributed by atoms with van der Waals surface area (Å²) in [5.74, 6) is -0.838. The van der Waals surface area contributed by atoms with Crippen LogP contribution in [0.3, 0.4) is 0 Å². The number of methoxy groups -OCH3 is 1. The molecule has 0 radical (unpaired) electrons. The summed E-state index contributed by atoms with van der Waals surface area (Å²) in [5, 5.41) is 8.88. The number of carbonyl (C=O) groups is 1. The fraction of sp³-hybridized carbons (Fsp3) is 0.909. The number of ether oxygens (including phenoxy) is 1. The van der Waals surface area contributed by atoms with Crippen molar-refractivity contribution in [2.75, 3.05) is 25.2 Å². The van der Waals surface area contributed by atoms with E-state index < -0.39 is 15.8 Å². The minimum absolute atomic E-state index is 0.0343. The van der Waals surface area contributed by atoms with Crippen molar-refractivity contribution in [1.82, 2.24) is 4.90 Å². The van der Waals surface area contributed by atoms with Gasteiger partial charge in [0, 0.05) is 25.7 Å². The number of aliphatic carboxylic acids is 1. The van der Waals surface area contributed by atoms with Crippen LogP contribution in [-0.4, -0.2) is 67.7 Å². The van der Waals surface area contributed by atoms with Gasteiger partial charge in [0.2, 0.25) is 0 Å². The highest BCUT2D eigenvalue weighted by atomic mass is 32.2. The van der Waals surface area contributed by atoms with Crippen molar-refractivity contribution in [1.29, 1.82) is 0 Å². The molecule has 0 spiro atoms. The van der Waals surface area contributed by atoms with Crippen molar-refractivity contribution in [3.63, 3.8) is 0 Å². The topological polar surface area (TPSA) is 83.9 Å². The summed E-state index contributed by atoms with van der Waals surface area (Å²) in [7, 11) is -1.42. The molecule has 1 saturated carbocycles. The predicted molar refractivity (Wildman–Crippen MR) is 65.2 cm³/mol. The molecule has 1 heterocycles. The van der Waals surface area contributed by atoms with E-state index in [2.05, 4.69) is 0 Å². The molecule has 6 nitrogen and oxygen atoms in total. The van der Waals surface area contributed by atoms with Gasteiger partial charge in [-0.05, 0) is 12.8 Å². The second-order valence-electron chi connectivity index (χ2n) is 5.09. The molecule has 1 aliphatic heterocycles. The molecule has 7 heteroatoms. The average molecular weight is 277 g/mol. The van der Waals surface area contributed by atoms with Crippen LogP contribution in [0.4, 0.5) is 0 Å². The molecule has 0 aromatic carbocycles. The van der Waals surface area contributed by atoms with Crippen LogP contribution >= 0.6 is 0 Å². The third-order valence-electron chi connectivity index (χ3n) is 3.86. The van der Waals surface area contributed by atoms with Crippen LogP contribution in [0.1, 0.15) is 19.3 Å². The first kappa shape index (κ1) is 13.8. The van der Waals surface area contributed by atoms with E-state index in [1.807, 2.05) is 4.90 Å². The number of sulfone groups is 1. The van der Waals surface area contributed by atoms with E-state index in [1.54, 1.807) is 7.11 Å². The van der Waals surface area contributed by atoms with Crippen LogP contribution in [0, 0.1) is 0 Å². The Morgan fingerprint density at radius 2 is 2.11 bits per heavy atom. The Morgan fingerprint density at radius 3 is 2.67 bits per heavy atom. The van der Waals surface area contributed by atoms with Crippen LogP contribution in [0.2, 0.25) is 0 Å². The van der Waals surface area contributed by atoms with Gasteiger partial charge in [0.25, 0.3) is 0 Å². The van der Waals surface area contributed by atoms with Crippen molar-refractivity contribution in [3.05, 3.63) is 0 Å². The van der Waals surface area contributed by atoms with Gasteiger partial charge in [-0.3, -0.25) is 9.69 Å². The van der Waals surface area contributed by atoms with E-state index in [0.29, 0.717) is 6.54 Å². The molecule has 18 heavy (non-hydrogen) atoms. The zero-order chi connectivity index (χ0) is 13.3. The maximum absolute atomic E-state index is 11.6. The van der Waals surface area contributed by atoms with Gasteiger partial charge in [0.15, 0.2) is 9.84 Å². The zero-order valence-corrected chi connectivity index (χ0v) is 11.2. The van der Waals surface area contributed by atoms with E-state index in [1.165, 1.54) is 0 Å². The molecule has 2 aliphatic rings. The summed E-state index contributed by atoms with van der Waals surface area (Å²) in [6.07, 6.45) is 1.87. The Hall–Kier alpha value is -0.660. The molecule has 1 N–H and O–H groups in total. The molecule has 1 saturated heterocycles. The lowest BCUT2D eigenvalue weighted by molar-refractivity contribution is -0.139. The van der Waals surface area contributed by atoms with Crippen LogP contribution in [0.15, 0.2) is 0 Å². The molecule has 0 aromatic heterocycles. The van der Waals surface area contributed by atoms with E-state index in [4.69, 9.17) is 9.84 Å². The van der Waals surface area contributed by atoms with E-state index >= 15 is 0 Å². The molecule has 1 atom stereocenters. The monoisotopic (exact) mass is 277 g/mol. The molecule has 2 fully saturated rings. The van der Waals surface area contributed by atoms with Gasteiger partial charge in [0.1, 0.15) is 0 Å². The zero-order valence-electron chi connectivity index (χ0n) is 10.4. The Balaban J connectivity index is 2.01. The second kappa shape index (κ2) is 5.14. The molecular weight excluding hydrogens is 258 g/mol. The molecule has 0 amide bonds. The standard InChI is InChI=1S/C11H19NO5S/c1-17-10-4-8(5-10)12-2-3-18(15,16)7-9(12)6-11(13)14/h8-10H,2-7H2,1H3,(H,13,14). The maximum atomic E-state index is 11.6. The van der Waals surface area contributed by atoms with Crippen molar-refractivity contribution in [2.24, 2.45) is 0 Å². The van der Waals surface area contributed by atoms with Crippen LogP contribution in [0.5, 0.6) is 0 Å².